The molecule has 0 saturated carbocycles. The lowest BCUT2D eigenvalue weighted by Crippen LogP contribution is -2.32. The third-order valence-corrected chi connectivity index (χ3v) is 5.85. The second kappa shape index (κ2) is 11.5. The van der Waals surface area contributed by atoms with Crippen LogP contribution in [0.5, 0.6) is 11.5 Å². The van der Waals surface area contributed by atoms with Crippen LogP contribution >= 0.6 is 0 Å². The summed E-state index contributed by atoms with van der Waals surface area (Å²) in [6, 6.07) is 15.8. The molecular weight excluding hydrogens is 418 g/mol. The van der Waals surface area contributed by atoms with Gasteiger partial charge in [0, 0.05) is 24.2 Å². The molecule has 0 fully saturated rings. The van der Waals surface area contributed by atoms with Gasteiger partial charge in [-0.2, -0.15) is 0 Å². The summed E-state index contributed by atoms with van der Waals surface area (Å²) in [5, 5.41) is 2.98. The minimum absolute atomic E-state index is 0.127. The van der Waals surface area contributed by atoms with Crippen molar-refractivity contribution < 1.29 is 18.7 Å². The van der Waals surface area contributed by atoms with Crippen LogP contribution in [0, 0.1) is 0 Å². The van der Waals surface area contributed by atoms with Crippen molar-refractivity contribution in [3.8, 4) is 11.5 Å². The zero-order valence-electron chi connectivity index (χ0n) is 20.0. The Labute approximate surface area is 195 Å². The Hall–Kier alpha value is -3.32. The van der Waals surface area contributed by atoms with Gasteiger partial charge >= 0.3 is 0 Å². The first-order valence-corrected chi connectivity index (χ1v) is 11.2. The predicted octanol–water partition coefficient (Wildman–Crippen LogP) is 4.98. The molecule has 2 aromatic carbocycles. The minimum atomic E-state index is -0.256. The third-order valence-electron chi connectivity index (χ3n) is 5.85. The molecule has 1 heterocycles. The van der Waals surface area contributed by atoms with E-state index in [1.807, 2.05) is 55.5 Å². The number of ether oxygens (including phenoxy) is 2. The second-order valence-corrected chi connectivity index (χ2v) is 8.07. The number of hydrogen-bond acceptors (Lipinski definition) is 6. The molecule has 7 nitrogen and oxygen atoms in total. The zero-order valence-corrected chi connectivity index (χ0v) is 20.0. The maximum Gasteiger partial charge on any atom is 0.273 e. The topological polar surface area (TPSA) is 76.8 Å². The summed E-state index contributed by atoms with van der Waals surface area (Å²) in [5.74, 6) is 1.76. The van der Waals surface area contributed by atoms with Crippen molar-refractivity contribution in [2.24, 2.45) is 0 Å². The van der Waals surface area contributed by atoms with Gasteiger partial charge in [-0.15, -0.1) is 0 Å². The number of rotatable bonds is 11. The molecule has 0 aliphatic rings. The van der Waals surface area contributed by atoms with Crippen molar-refractivity contribution in [1.29, 1.82) is 0 Å². The number of amides is 1. The van der Waals surface area contributed by atoms with E-state index in [4.69, 9.17) is 13.9 Å². The normalized spacial score (nSPS) is 12.9. The monoisotopic (exact) mass is 451 g/mol. The van der Waals surface area contributed by atoms with Crippen molar-refractivity contribution in [1.82, 2.24) is 15.2 Å². The van der Waals surface area contributed by atoms with Gasteiger partial charge in [-0.05, 0) is 31.9 Å². The van der Waals surface area contributed by atoms with Crippen molar-refractivity contribution in [3.63, 3.8) is 0 Å². The summed E-state index contributed by atoms with van der Waals surface area (Å²) in [6.45, 7) is 7.38. The summed E-state index contributed by atoms with van der Waals surface area (Å²) in [4.78, 5) is 19.4. The van der Waals surface area contributed by atoms with Crippen LogP contribution in [0.1, 0.15) is 60.7 Å². The fourth-order valence-corrected chi connectivity index (χ4v) is 3.58. The molecule has 0 radical (unpaired) electrons. The Morgan fingerprint density at radius 1 is 1.09 bits per heavy atom. The van der Waals surface area contributed by atoms with Crippen molar-refractivity contribution in [2.75, 3.05) is 14.2 Å². The van der Waals surface area contributed by atoms with Crippen LogP contribution in [-0.2, 0) is 13.1 Å². The van der Waals surface area contributed by atoms with Gasteiger partial charge in [-0.25, -0.2) is 4.98 Å². The fraction of sp³-hybridized carbons (Fsp3) is 0.385. The summed E-state index contributed by atoms with van der Waals surface area (Å²) in [5.41, 5.74) is 2.35. The van der Waals surface area contributed by atoms with Crippen LogP contribution < -0.4 is 14.8 Å². The molecule has 7 heteroatoms. The lowest BCUT2D eigenvalue weighted by atomic mass is 10.1. The Morgan fingerprint density at radius 3 is 2.52 bits per heavy atom. The van der Waals surface area contributed by atoms with Crippen molar-refractivity contribution >= 4 is 5.91 Å². The van der Waals surface area contributed by atoms with Gasteiger partial charge in [0.1, 0.15) is 17.8 Å². The minimum Gasteiger partial charge on any atom is -0.497 e. The summed E-state index contributed by atoms with van der Waals surface area (Å²) >= 11 is 0. The fourth-order valence-electron chi connectivity index (χ4n) is 3.58. The average molecular weight is 452 g/mol. The summed E-state index contributed by atoms with van der Waals surface area (Å²) in [7, 11) is 3.29. The molecule has 0 spiro atoms. The average Bonchev–Trinajstić information content (AvgIpc) is 3.32. The molecule has 0 saturated heterocycles. The van der Waals surface area contributed by atoms with Crippen LogP contribution in [0.4, 0.5) is 0 Å². The quantitative estimate of drug-likeness (QED) is 0.443. The highest BCUT2D eigenvalue weighted by molar-refractivity contribution is 5.92. The number of nitrogens with zero attached hydrogens (tertiary/aromatic N) is 2. The molecule has 33 heavy (non-hydrogen) atoms. The lowest BCUT2D eigenvalue weighted by Gasteiger charge is -2.27. The van der Waals surface area contributed by atoms with Gasteiger partial charge in [0.2, 0.25) is 5.89 Å². The number of benzene rings is 2. The molecule has 1 amide bonds. The van der Waals surface area contributed by atoms with Crippen LogP contribution in [0.2, 0.25) is 0 Å². The molecular formula is C26H33N3O4. The van der Waals surface area contributed by atoms with Crippen LogP contribution in [0.25, 0.3) is 0 Å². The first-order valence-electron chi connectivity index (χ1n) is 11.2. The van der Waals surface area contributed by atoms with E-state index in [0.717, 1.165) is 29.0 Å². The molecule has 3 rings (SSSR count). The highest BCUT2D eigenvalue weighted by Crippen LogP contribution is 2.27. The molecule has 176 valence electrons. The molecule has 3 aromatic rings. The van der Waals surface area contributed by atoms with Crippen molar-refractivity contribution in [3.05, 3.63) is 77.5 Å². The van der Waals surface area contributed by atoms with Gasteiger partial charge in [-0.1, -0.05) is 43.3 Å². The van der Waals surface area contributed by atoms with E-state index in [1.54, 1.807) is 14.2 Å². The maximum absolute atomic E-state index is 12.7. The first kappa shape index (κ1) is 24.3. The summed E-state index contributed by atoms with van der Waals surface area (Å²) in [6.07, 6.45) is 2.38. The zero-order chi connectivity index (χ0) is 23.8. The molecule has 1 N–H and O–H groups in total. The second-order valence-electron chi connectivity index (χ2n) is 8.07. The smallest absolute Gasteiger partial charge is 0.273 e. The van der Waals surface area contributed by atoms with E-state index >= 15 is 0 Å². The number of oxazole rings is 1. The van der Waals surface area contributed by atoms with E-state index in [0.29, 0.717) is 19.0 Å². The van der Waals surface area contributed by atoms with Crippen molar-refractivity contribution in [2.45, 2.75) is 52.4 Å². The maximum atomic E-state index is 12.7. The van der Waals surface area contributed by atoms with E-state index < -0.39 is 0 Å². The van der Waals surface area contributed by atoms with Crippen LogP contribution in [-0.4, -0.2) is 36.1 Å². The summed E-state index contributed by atoms with van der Waals surface area (Å²) < 4.78 is 16.5. The van der Waals surface area contributed by atoms with Gasteiger partial charge < -0.3 is 19.2 Å². The highest BCUT2D eigenvalue weighted by Gasteiger charge is 2.21. The highest BCUT2D eigenvalue weighted by atomic mass is 16.5. The molecule has 2 unspecified atom stereocenters. The first-order chi connectivity index (χ1) is 15.9. The number of hydrogen-bond donors (Lipinski definition) is 1. The van der Waals surface area contributed by atoms with E-state index in [-0.39, 0.29) is 23.7 Å². The van der Waals surface area contributed by atoms with Gasteiger partial charge in [0.15, 0.2) is 5.69 Å². The Bertz CT molecular complexity index is 1040. The Balaban J connectivity index is 1.70. The van der Waals surface area contributed by atoms with Gasteiger partial charge in [-0.3, -0.25) is 9.69 Å². The third kappa shape index (κ3) is 6.35. The number of nitrogens with one attached hydrogen (secondary N) is 1. The number of carbonyl (C=O) groups excluding carboxylic acids is 1. The van der Waals surface area contributed by atoms with E-state index in [2.05, 4.69) is 29.0 Å². The SMILES string of the molecule is CCC(C)N(Cc1nc(C(=O)NC(C)c2ccccc2)co1)Cc1ccc(OC)cc1OC. The van der Waals surface area contributed by atoms with E-state index in [1.165, 1.54) is 6.26 Å². The molecule has 0 bridgehead atoms. The number of carbonyl (C=O) groups is 1. The lowest BCUT2D eigenvalue weighted by molar-refractivity contribution is 0.0934. The predicted molar refractivity (Wildman–Crippen MR) is 127 cm³/mol. The number of methoxy groups -OCH3 is 2. The number of aromatic nitrogens is 1. The molecule has 0 aliphatic heterocycles. The molecule has 2 atom stereocenters. The van der Waals surface area contributed by atoms with Crippen LogP contribution in [0.15, 0.2) is 59.2 Å². The Kier molecular flexibility index (Phi) is 8.49. The van der Waals surface area contributed by atoms with E-state index in [9.17, 15) is 4.79 Å². The van der Waals surface area contributed by atoms with Crippen LogP contribution in [0.3, 0.4) is 0 Å². The largest absolute Gasteiger partial charge is 0.497 e. The van der Waals surface area contributed by atoms with Gasteiger partial charge in [0.25, 0.3) is 5.91 Å². The molecule has 0 aliphatic carbocycles. The van der Waals surface area contributed by atoms with Gasteiger partial charge in [0.05, 0.1) is 26.8 Å². The molecule has 1 aromatic heterocycles. The standard InChI is InChI=1S/C26H33N3O4/c1-6-18(2)29(15-21-12-13-22(31-4)14-24(21)32-5)16-25-28-23(17-33-25)26(30)27-19(3)20-10-8-7-9-11-20/h7-14,17-19H,6,15-16H2,1-5H3,(H,27,30). The Morgan fingerprint density at radius 2 is 1.85 bits per heavy atom.